The number of nitrogens with zero attached hydrogens (tertiary/aromatic N) is 3. The standard InChI is InChI=1S/C19H21ClN4O/c1-13-18(16-11-15(20)3-4-17(16)22-13)19(25)23-9-5-14(6-10-23)12-24-8-2-7-21-24/h2-4,7-8,11,14,22H,5-6,9-10,12H2,1H3. The second-order valence-electron chi connectivity index (χ2n) is 6.78. The molecule has 1 amide bonds. The smallest absolute Gasteiger partial charge is 0.256 e. The van der Waals surface area contributed by atoms with Crippen LogP contribution in [0.4, 0.5) is 0 Å². The fourth-order valence-corrected chi connectivity index (χ4v) is 3.90. The Morgan fingerprint density at radius 1 is 1.36 bits per heavy atom. The Bertz CT molecular complexity index is 892. The molecule has 0 saturated carbocycles. The van der Waals surface area contributed by atoms with Crippen LogP contribution in [0, 0.1) is 12.8 Å². The molecule has 0 atom stereocenters. The molecule has 4 rings (SSSR count). The molecule has 1 aliphatic heterocycles. The average molecular weight is 357 g/mol. The number of amides is 1. The number of rotatable bonds is 3. The summed E-state index contributed by atoms with van der Waals surface area (Å²) in [6.45, 7) is 4.46. The molecule has 0 unspecified atom stereocenters. The Kier molecular flexibility index (Phi) is 4.25. The van der Waals surface area contributed by atoms with Crippen molar-refractivity contribution < 1.29 is 4.79 Å². The van der Waals surface area contributed by atoms with Gasteiger partial charge in [-0.25, -0.2) is 0 Å². The van der Waals surface area contributed by atoms with E-state index < -0.39 is 0 Å². The van der Waals surface area contributed by atoms with E-state index in [4.69, 9.17) is 11.6 Å². The first kappa shape index (κ1) is 16.2. The second-order valence-corrected chi connectivity index (χ2v) is 7.22. The highest BCUT2D eigenvalue weighted by Crippen LogP contribution is 2.28. The van der Waals surface area contributed by atoms with Crippen LogP contribution in [-0.4, -0.2) is 38.7 Å². The topological polar surface area (TPSA) is 53.9 Å². The van der Waals surface area contributed by atoms with Crippen molar-refractivity contribution in [3.8, 4) is 0 Å². The lowest BCUT2D eigenvalue weighted by Crippen LogP contribution is -2.39. The number of piperidine rings is 1. The second kappa shape index (κ2) is 6.56. The van der Waals surface area contributed by atoms with Crippen LogP contribution < -0.4 is 0 Å². The van der Waals surface area contributed by atoms with Gasteiger partial charge in [-0.2, -0.15) is 5.10 Å². The zero-order valence-corrected chi connectivity index (χ0v) is 15.0. The third kappa shape index (κ3) is 3.16. The quantitative estimate of drug-likeness (QED) is 0.774. The highest BCUT2D eigenvalue weighted by molar-refractivity contribution is 6.31. The number of H-pyrrole nitrogens is 1. The van der Waals surface area contributed by atoms with Crippen molar-refractivity contribution in [1.29, 1.82) is 0 Å². The molecule has 3 heterocycles. The SMILES string of the molecule is Cc1[nH]c2ccc(Cl)cc2c1C(=O)N1CCC(Cn2cccn2)CC1. The van der Waals surface area contributed by atoms with Gasteiger partial charge in [0.15, 0.2) is 0 Å². The molecule has 2 aromatic heterocycles. The number of likely N-dealkylation sites (tertiary alicyclic amines) is 1. The highest BCUT2D eigenvalue weighted by atomic mass is 35.5. The van der Waals surface area contributed by atoms with E-state index >= 15 is 0 Å². The molecule has 1 fully saturated rings. The minimum Gasteiger partial charge on any atom is -0.358 e. The molecule has 130 valence electrons. The van der Waals surface area contributed by atoms with Gasteiger partial charge >= 0.3 is 0 Å². The van der Waals surface area contributed by atoms with E-state index in [1.165, 1.54) is 0 Å². The van der Waals surface area contributed by atoms with Crippen LogP contribution in [0.15, 0.2) is 36.7 Å². The molecule has 0 radical (unpaired) electrons. The zero-order chi connectivity index (χ0) is 17.4. The molecule has 3 aromatic rings. The summed E-state index contributed by atoms with van der Waals surface area (Å²) >= 11 is 6.13. The molecule has 6 heteroatoms. The summed E-state index contributed by atoms with van der Waals surface area (Å²) in [4.78, 5) is 18.3. The number of carbonyl (C=O) groups is 1. The summed E-state index contributed by atoms with van der Waals surface area (Å²) in [5.74, 6) is 0.672. The van der Waals surface area contributed by atoms with E-state index in [1.807, 2.05) is 53.2 Å². The lowest BCUT2D eigenvalue weighted by Gasteiger charge is -2.32. The van der Waals surface area contributed by atoms with E-state index in [-0.39, 0.29) is 5.91 Å². The van der Waals surface area contributed by atoms with Crippen LogP contribution in [-0.2, 0) is 6.54 Å². The van der Waals surface area contributed by atoms with Crippen molar-refractivity contribution >= 4 is 28.4 Å². The summed E-state index contributed by atoms with van der Waals surface area (Å²) in [6.07, 6.45) is 5.82. The Labute approximate surface area is 151 Å². The number of fused-ring (bicyclic) bond motifs is 1. The molecule has 1 N–H and O–H groups in total. The molecule has 0 aliphatic carbocycles. The normalized spacial score (nSPS) is 15.8. The molecule has 1 aliphatic rings. The number of hydrogen-bond acceptors (Lipinski definition) is 2. The van der Waals surface area contributed by atoms with E-state index in [9.17, 15) is 4.79 Å². The molecule has 1 saturated heterocycles. The van der Waals surface area contributed by atoms with Crippen LogP contribution in [0.25, 0.3) is 10.9 Å². The lowest BCUT2D eigenvalue weighted by molar-refractivity contribution is 0.0682. The number of benzene rings is 1. The van der Waals surface area contributed by atoms with Crippen molar-refractivity contribution in [1.82, 2.24) is 19.7 Å². The molecule has 5 nitrogen and oxygen atoms in total. The molecule has 0 spiro atoms. The van der Waals surface area contributed by atoms with Crippen molar-refractivity contribution in [2.45, 2.75) is 26.3 Å². The van der Waals surface area contributed by atoms with E-state index in [1.54, 1.807) is 0 Å². The summed E-state index contributed by atoms with van der Waals surface area (Å²) in [5.41, 5.74) is 2.61. The first-order chi connectivity index (χ1) is 12.1. The third-order valence-electron chi connectivity index (χ3n) is 5.07. The van der Waals surface area contributed by atoms with Gasteiger partial charge in [0.25, 0.3) is 5.91 Å². The number of aromatic nitrogens is 3. The Balaban J connectivity index is 1.49. The zero-order valence-electron chi connectivity index (χ0n) is 14.2. The van der Waals surface area contributed by atoms with Crippen LogP contribution >= 0.6 is 11.6 Å². The van der Waals surface area contributed by atoms with Gasteiger partial charge in [0.05, 0.1) is 5.56 Å². The highest BCUT2D eigenvalue weighted by Gasteiger charge is 2.26. The minimum atomic E-state index is 0.101. The minimum absolute atomic E-state index is 0.101. The van der Waals surface area contributed by atoms with Crippen molar-refractivity contribution in [3.05, 3.63) is 52.9 Å². The molecule has 25 heavy (non-hydrogen) atoms. The van der Waals surface area contributed by atoms with Gasteiger partial charge in [-0.1, -0.05) is 11.6 Å². The van der Waals surface area contributed by atoms with Gasteiger partial charge < -0.3 is 9.88 Å². The van der Waals surface area contributed by atoms with Gasteiger partial charge in [0.1, 0.15) is 0 Å². The van der Waals surface area contributed by atoms with Crippen LogP contribution in [0.5, 0.6) is 0 Å². The maximum Gasteiger partial charge on any atom is 0.256 e. The number of aromatic amines is 1. The summed E-state index contributed by atoms with van der Waals surface area (Å²) < 4.78 is 1.98. The van der Waals surface area contributed by atoms with Gasteiger partial charge in [-0.05, 0) is 49.9 Å². The van der Waals surface area contributed by atoms with Gasteiger partial charge in [0.2, 0.25) is 0 Å². The Hall–Kier alpha value is -2.27. The largest absolute Gasteiger partial charge is 0.358 e. The van der Waals surface area contributed by atoms with Gasteiger partial charge in [-0.15, -0.1) is 0 Å². The fourth-order valence-electron chi connectivity index (χ4n) is 3.72. The number of hydrogen-bond donors (Lipinski definition) is 1. The first-order valence-corrected chi connectivity index (χ1v) is 9.04. The number of halogens is 1. The summed E-state index contributed by atoms with van der Waals surface area (Å²) in [6, 6.07) is 7.59. The van der Waals surface area contributed by atoms with E-state index in [0.29, 0.717) is 10.9 Å². The maximum absolute atomic E-state index is 13.1. The van der Waals surface area contributed by atoms with Crippen molar-refractivity contribution in [2.24, 2.45) is 5.92 Å². The predicted octanol–water partition coefficient (Wildman–Crippen LogP) is 3.88. The van der Waals surface area contributed by atoms with E-state index in [2.05, 4.69) is 10.1 Å². The summed E-state index contributed by atoms with van der Waals surface area (Å²) in [7, 11) is 0. The Morgan fingerprint density at radius 3 is 2.88 bits per heavy atom. The number of nitrogens with one attached hydrogen (secondary N) is 1. The van der Waals surface area contributed by atoms with Crippen LogP contribution in [0.2, 0.25) is 5.02 Å². The average Bonchev–Trinajstić information content (AvgIpc) is 3.21. The molecular weight excluding hydrogens is 336 g/mol. The first-order valence-electron chi connectivity index (χ1n) is 8.66. The number of aryl methyl sites for hydroxylation is 1. The third-order valence-corrected chi connectivity index (χ3v) is 5.30. The number of carbonyl (C=O) groups excluding carboxylic acids is 1. The van der Waals surface area contributed by atoms with Crippen LogP contribution in [0.1, 0.15) is 28.9 Å². The predicted molar refractivity (Wildman–Crippen MR) is 98.9 cm³/mol. The fraction of sp³-hybridized carbons (Fsp3) is 0.368. The van der Waals surface area contributed by atoms with Crippen molar-refractivity contribution in [3.63, 3.8) is 0 Å². The van der Waals surface area contributed by atoms with Gasteiger partial charge in [-0.3, -0.25) is 9.48 Å². The van der Waals surface area contributed by atoms with Crippen molar-refractivity contribution in [2.75, 3.05) is 13.1 Å². The van der Waals surface area contributed by atoms with Crippen LogP contribution in [0.3, 0.4) is 0 Å². The lowest BCUT2D eigenvalue weighted by atomic mass is 9.96. The monoisotopic (exact) mass is 356 g/mol. The summed E-state index contributed by atoms with van der Waals surface area (Å²) in [5, 5.41) is 5.84. The van der Waals surface area contributed by atoms with Gasteiger partial charge in [0, 0.05) is 53.6 Å². The molecule has 1 aromatic carbocycles. The molecule has 0 bridgehead atoms. The van der Waals surface area contributed by atoms with E-state index in [0.717, 1.165) is 54.6 Å². The molecular formula is C19H21ClN4O. The maximum atomic E-state index is 13.1. The Morgan fingerprint density at radius 2 is 2.16 bits per heavy atom.